The first-order chi connectivity index (χ1) is 13.7. The summed E-state index contributed by atoms with van der Waals surface area (Å²) in [4.78, 5) is 25.0. The van der Waals surface area contributed by atoms with E-state index in [1.807, 2.05) is 60.7 Å². The van der Waals surface area contributed by atoms with E-state index >= 15 is 0 Å². The smallest absolute Gasteiger partial charge is 0.272 e. The highest BCUT2D eigenvalue weighted by Gasteiger charge is 2.19. The van der Waals surface area contributed by atoms with Crippen LogP contribution >= 0.6 is 0 Å². The number of fused-ring (bicyclic) bond motifs is 1. The average molecular weight is 369 g/mol. The predicted molar refractivity (Wildman–Crippen MR) is 109 cm³/mol. The van der Waals surface area contributed by atoms with Gasteiger partial charge in [0, 0.05) is 5.39 Å². The molecule has 1 atom stereocenters. The van der Waals surface area contributed by atoms with E-state index < -0.39 is 0 Å². The Morgan fingerprint density at radius 2 is 1.46 bits per heavy atom. The number of aromatic nitrogens is 2. The molecule has 0 aliphatic heterocycles. The van der Waals surface area contributed by atoms with E-state index in [4.69, 9.17) is 0 Å². The molecule has 0 fully saturated rings. The van der Waals surface area contributed by atoms with E-state index in [1.165, 1.54) is 0 Å². The lowest BCUT2D eigenvalue weighted by Crippen LogP contribution is -2.31. The van der Waals surface area contributed by atoms with Gasteiger partial charge in [-0.2, -0.15) is 5.10 Å². The predicted octanol–water partition coefficient (Wildman–Crippen LogP) is 3.64. The van der Waals surface area contributed by atoms with Crippen LogP contribution in [0.4, 0.5) is 0 Å². The lowest BCUT2D eigenvalue weighted by molar-refractivity contribution is 0.0932. The lowest BCUT2D eigenvalue weighted by Gasteiger charge is -2.19. The van der Waals surface area contributed by atoms with Crippen LogP contribution in [0.2, 0.25) is 0 Å². The summed E-state index contributed by atoms with van der Waals surface area (Å²) in [5, 5.41) is 10.5. The summed E-state index contributed by atoms with van der Waals surface area (Å²) in [5.74, 6) is -0.322. The molecule has 1 amide bonds. The number of hydrogen-bond acceptors (Lipinski definition) is 3. The van der Waals surface area contributed by atoms with E-state index in [1.54, 1.807) is 24.3 Å². The molecule has 5 heteroatoms. The summed E-state index contributed by atoms with van der Waals surface area (Å²) < 4.78 is 0. The van der Waals surface area contributed by atoms with Crippen molar-refractivity contribution in [1.82, 2.24) is 15.5 Å². The van der Waals surface area contributed by atoms with Crippen LogP contribution in [0.25, 0.3) is 10.8 Å². The Morgan fingerprint density at radius 3 is 2.18 bits per heavy atom. The summed E-state index contributed by atoms with van der Waals surface area (Å²) in [5.41, 5.74) is 2.03. The third kappa shape index (κ3) is 3.69. The molecule has 1 heterocycles. The van der Waals surface area contributed by atoms with Crippen LogP contribution in [0.5, 0.6) is 0 Å². The molecule has 0 saturated carbocycles. The molecule has 28 heavy (non-hydrogen) atoms. The molecule has 0 aliphatic carbocycles. The molecule has 3 aromatic carbocycles. The van der Waals surface area contributed by atoms with Crippen LogP contribution in [-0.4, -0.2) is 16.1 Å². The van der Waals surface area contributed by atoms with Gasteiger partial charge in [-0.25, -0.2) is 5.10 Å². The number of hydrogen-bond donors (Lipinski definition) is 2. The Bertz CT molecular complexity index is 1150. The zero-order chi connectivity index (χ0) is 19.3. The zero-order valence-corrected chi connectivity index (χ0v) is 15.1. The standard InChI is InChI=1S/C23H19N3O2/c27-22-19-14-8-7-13-18(19)21(25-26-22)23(28)24-20(17-11-5-2-6-12-17)15-16-9-3-1-4-10-16/h1-14,20H,15H2,(H,24,28)(H,26,27). The van der Waals surface area contributed by atoms with Gasteiger partial charge in [0.2, 0.25) is 0 Å². The molecule has 0 aliphatic rings. The monoisotopic (exact) mass is 369 g/mol. The molecular weight excluding hydrogens is 350 g/mol. The molecule has 1 unspecified atom stereocenters. The first kappa shape index (κ1) is 17.7. The van der Waals surface area contributed by atoms with E-state index in [0.29, 0.717) is 17.2 Å². The van der Waals surface area contributed by atoms with E-state index in [2.05, 4.69) is 15.5 Å². The maximum Gasteiger partial charge on any atom is 0.272 e. The fraction of sp³-hybridized carbons (Fsp3) is 0.0870. The van der Waals surface area contributed by atoms with Gasteiger partial charge in [-0.15, -0.1) is 0 Å². The maximum absolute atomic E-state index is 13.0. The fourth-order valence-corrected chi connectivity index (χ4v) is 3.30. The Kier molecular flexibility index (Phi) is 4.97. The van der Waals surface area contributed by atoms with Gasteiger partial charge in [-0.05, 0) is 23.6 Å². The molecule has 2 N–H and O–H groups in total. The third-order valence-corrected chi connectivity index (χ3v) is 4.70. The van der Waals surface area contributed by atoms with Crippen LogP contribution in [0, 0.1) is 0 Å². The summed E-state index contributed by atoms with van der Waals surface area (Å²) in [6, 6.07) is 26.6. The van der Waals surface area contributed by atoms with Crippen LogP contribution in [0.1, 0.15) is 27.7 Å². The minimum absolute atomic E-state index is 0.212. The van der Waals surface area contributed by atoms with Gasteiger partial charge < -0.3 is 5.32 Å². The molecule has 0 saturated heterocycles. The maximum atomic E-state index is 13.0. The van der Waals surface area contributed by atoms with E-state index in [9.17, 15) is 9.59 Å². The largest absolute Gasteiger partial charge is 0.343 e. The van der Waals surface area contributed by atoms with Crippen molar-refractivity contribution in [3.63, 3.8) is 0 Å². The normalized spacial score (nSPS) is 11.9. The molecule has 0 bridgehead atoms. The van der Waals surface area contributed by atoms with Crippen molar-refractivity contribution in [1.29, 1.82) is 0 Å². The minimum atomic E-state index is -0.322. The van der Waals surface area contributed by atoms with Crippen LogP contribution in [0.3, 0.4) is 0 Å². The van der Waals surface area contributed by atoms with Gasteiger partial charge in [0.15, 0.2) is 5.69 Å². The number of carbonyl (C=O) groups is 1. The van der Waals surface area contributed by atoms with Crippen molar-refractivity contribution >= 4 is 16.7 Å². The molecule has 5 nitrogen and oxygen atoms in total. The second-order valence-electron chi connectivity index (χ2n) is 6.57. The molecule has 4 aromatic rings. The van der Waals surface area contributed by atoms with Crippen molar-refractivity contribution in [2.75, 3.05) is 0 Å². The van der Waals surface area contributed by atoms with Crippen molar-refractivity contribution in [2.45, 2.75) is 12.5 Å². The van der Waals surface area contributed by atoms with Crippen molar-refractivity contribution < 1.29 is 4.79 Å². The number of aromatic amines is 1. The van der Waals surface area contributed by atoms with Gasteiger partial charge in [-0.3, -0.25) is 9.59 Å². The van der Waals surface area contributed by atoms with Gasteiger partial charge in [0.1, 0.15) is 0 Å². The van der Waals surface area contributed by atoms with E-state index in [-0.39, 0.29) is 23.2 Å². The average Bonchev–Trinajstić information content (AvgIpc) is 2.75. The molecule has 0 spiro atoms. The zero-order valence-electron chi connectivity index (χ0n) is 15.1. The van der Waals surface area contributed by atoms with Crippen LogP contribution in [0.15, 0.2) is 89.7 Å². The fourth-order valence-electron chi connectivity index (χ4n) is 3.30. The first-order valence-corrected chi connectivity index (χ1v) is 9.09. The summed E-state index contributed by atoms with van der Waals surface area (Å²) in [6.45, 7) is 0. The number of rotatable bonds is 5. The number of amides is 1. The second kappa shape index (κ2) is 7.88. The highest BCUT2D eigenvalue weighted by Crippen LogP contribution is 2.20. The molecule has 0 radical (unpaired) electrons. The lowest BCUT2D eigenvalue weighted by atomic mass is 9.98. The minimum Gasteiger partial charge on any atom is -0.343 e. The highest BCUT2D eigenvalue weighted by molar-refractivity contribution is 6.04. The van der Waals surface area contributed by atoms with Crippen molar-refractivity contribution in [2.24, 2.45) is 0 Å². The number of benzene rings is 3. The van der Waals surface area contributed by atoms with E-state index in [0.717, 1.165) is 11.1 Å². The molecule has 4 rings (SSSR count). The van der Waals surface area contributed by atoms with Gasteiger partial charge in [-0.1, -0.05) is 78.9 Å². The topological polar surface area (TPSA) is 74.8 Å². The van der Waals surface area contributed by atoms with Crippen LogP contribution < -0.4 is 10.9 Å². The highest BCUT2D eigenvalue weighted by atomic mass is 16.2. The summed E-state index contributed by atoms with van der Waals surface area (Å²) in [7, 11) is 0. The number of nitrogens with zero attached hydrogens (tertiary/aromatic N) is 1. The Morgan fingerprint density at radius 1 is 0.857 bits per heavy atom. The Labute approximate surface area is 162 Å². The third-order valence-electron chi connectivity index (χ3n) is 4.70. The SMILES string of the molecule is O=C(NC(Cc1ccccc1)c1ccccc1)c1n[nH]c(=O)c2ccccc12. The van der Waals surface area contributed by atoms with Gasteiger partial charge >= 0.3 is 0 Å². The Balaban J connectivity index is 1.68. The number of nitrogens with one attached hydrogen (secondary N) is 2. The molecule has 1 aromatic heterocycles. The Hall–Kier alpha value is -3.73. The van der Waals surface area contributed by atoms with Crippen molar-refractivity contribution in [3.05, 3.63) is 112 Å². The number of carbonyl (C=O) groups excluding carboxylic acids is 1. The van der Waals surface area contributed by atoms with Crippen molar-refractivity contribution in [3.8, 4) is 0 Å². The quantitative estimate of drug-likeness (QED) is 0.564. The first-order valence-electron chi connectivity index (χ1n) is 9.09. The van der Waals surface area contributed by atoms with Gasteiger partial charge in [0.25, 0.3) is 11.5 Å². The molecular formula is C23H19N3O2. The summed E-state index contributed by atoms with van der Waals surface area (Å²) >= 11 is 0. The van der Waals surface area contributed by atoms with Crippen LogP contribution in [-0.2, 0) is 6.42 Å². The number of H-pyrrole nitrogens is 1. The molecule has 138 valence electrons. The second-order valence-corrected chi connectivity index (χ2v) is 6.57. The summed E-state index contributed by atoms with van der Waals surface area (Å²) in [6.07, 6.45) is 0.651. The van der Waals surface area contributed by atoms with Gasteiger partial charge in [0.05, 0.1) is 11.4 Å².